The number of hydrogen-bond acceptors (Lipinski definition) is 2. The van der Waals surface area contributed by atoms with Crippen LogP contribution in [0.25, 0.3) is 0 Å². The summed E-state index contributed by atoms with van der Waals surface area (Å²) in [6.07, 6.45) is 1.60. The largest absolute Gasteiger partial charge is 0.334 e. The Balaban J connectivity index is 2.03. The molecule has 2 aromatic rings. The molecule has 3 amide bonds. The lowest BCUT2D eigenvalue weighted by molar-refractivity contribution is 0.0993. The molecule has 6 heteroatoms. The van der Waals surface area contributed by atoms with Gasteiger partial charge < -0.3 is 15.5 Å². The fourth-order valence-corrected chi connectivity index (χ4v) is 2.14. The van der Waals surface area contributed by atoms with Crippen LogP contribution in [0.4, 0.5) is 16.2 Å². The molecule has 0 radical (unpaired) electrons. The van der Waals surface area contributed by atoms with Crippen LogP contribution >= 0.6 is 11.6 Å². The average Bonchev–Trinajstić information content (AvgIpc) is 2.60. The molecule has 0 saturated carbocycles. The number of benzene rings is 2. The molecule has 0 atom stereocenters. The van der Waals surface area contributed by atoms with Gasteiger partial charge in [0.1, 0.15) is 0 Å². The van der Waals surface area contributed by atoms with Gasteiger partial charge in [-0.05, 0) is 48.5 Å². The second kappa shape index (κ2) is 8.17. The van der Waals surface area contributed by atoms with Crippen molar-refractivity contribution in [2.75, 3.05) is 23.8 Å². The van der Waals surface area contributed by atoms with Crippen molar-refractivity contribution in [3.63, 3.8) is 0 Å². The van der Waals surface area contributed by atoms with Gasteiger partial charge in [0.25, 0.3) is 5.91 Å². The van der Waals surface area contributed by atoms with E-state index in [-0.39, 0.29) is 11.9 Å². The van der Waals surface area contributed by atoms with Crippen LogP contribution in [0, 0.1) is 0 Å². The summed E-state index contributed by atoms with van der Waals surface area (Å²) in [5.41, 5.74) is 1.90. The van der Waals surface area contributed by atoms with Gasteiger partial charge in [-0.15, -0.1) is 6.58 Å². The second-order valence-corrected chi connectivity index (χ2v) is 5.48. The van der Waals surface area contributed by atoms with Crippen LogP contribution < -0.4 is 15.5 Å². The predicted octanol–water partition coefficient (Wildman–Crippen LogP) is 3.92. The number of hydrogen-bond donors (Lipinski definition) is 2. The lowest BCUT2D eigenvalue weighted by Crippen LogP contribution is -2.28. The molecule has 2 rings (SSSR count). The Kier molecular flexibility index (Phi) is 5.98. The van der Waals surface area contributed by atoms with Crippen LogP contribution in [0.15, 0.2) is 61.2 Å². The zero-order valence-corrected chi connectivity index (χ0v) is 14.0. The normalized spacial score (nSPS) is 9.92. The summed E-state index contributed by atoms with van der Waals surface area (Å²) in [5.74, 6) is -0.142. The summed E-state index contributed by atoms with van der Waals surface area (Å²) in [7, 11) is 1.69. The van der Waals surface area contributed by atoms with Crippen LogP contribution in [0.1, 0.15) is 10.4 Å². The third kappa shape index (κ3) is 4.60. The minimum atomic E-state index is -0.312. The predicted molar refractivity (Wildman–Crippen MR) is 97.8 cm³/mol. The number of anilines is 2. The van der Waals surface area contributed by atoms with E-state index in [1.54, 1.807) is 61.7 Å². The first-order chi connectivity index (χ1) is 11.5. The smallest absolute Gasteiger partial charge is 0.319 e. The summed E-state index contributed by atoms with van der Waals surface area (Å²) in [6, 6.07) is 13.4. The number of carbonyl (C=O) groups is 2. The van der Waals surface area contributed by atoms with Gasteiger partial charge >= 0.3 is 6.03 Å². The van der Waals surface area contributed by atoms with Crippen LogP contribution in [-0.4, -0.2) is 25.5 Å². The molecule has 0 aliphatic rings. The summed E-state index contributed by atoms with van der Waals surface area (Å²) >= 11 is 5.83. The molecule has 5 nitrogen and oxygen atoms in total. The van der Waals surface area contributed by atoms with E-state index in [0.29, 0.717) is 28.5 Å². The molecule has 0 fully saturated rings. The Morgan fingerprint density at radius 2 is 1.75 bits per heavy atom. The van der Waals surface area contributed by atoms with Crippen molar-refractivity contribution in [1.82, 2.24) is 5.32 Å². The van der Waals surface area contributed by atoms with E-state index < -0.39 is 0 Å². The molecule has 0 bridgehead atoms. The maximum Gasteiger partial charge on any atom is 0.319 e. The third-order valence-corrected chi connectivity index (χ3v) is 3.57. The summed E-state index contributed by atoms with van der Waals surface area (Å²) in [5, 5.41) is 5.90. The molecule has 0 aliphatic carbocycles. The van der Waals surface area contributed by atoms with Crippen LogP contribution in [0.3, 0.4) is 0 Å². The van der Waals surface area contributed by atoms with Gasteiger partial charge in [-0.25, -0.2) is 4.79 Å². The lowest BCUT2D eigenvalue weighted by atomic mass is 10.2. The number of nitrogens with one attached hydrogen (secondary N) is 2. The van der Waals surface area contributed by atoms with Gasteiger partial charge in [0, 0.05) is 35.6 Å². The fraction of sp³-hybridized carbons (Fsp3) is 0.111. The fourth-order valence-electron chi connectivity index (χ4n) is 2.01. The molecule has 2 aromatic carbocycles. The van der Waals surface area contributed by atoms with E-state index in [2.05, 4.69) is 17.2 Å². The number of carbonyl (C=O) groups excluding carboxylic acids is 2. The molecule has 24 heavy (non-hydrogen) atoms. The van der Waals surface area contributed by atoms with Gasteiger partial charge in [-0.3, -0.25) is 4.79 Å². The van der Waals surface area contributed by atoms with Gasteiger partial charge in [-0.2, -0.15) is 0 Å². The van der Waals surface area contributed by atoms with E-state index in [0.717, 1.165) is 0 Å². The third-order valence-electron chi connectivity index (χ3n) is 3.32. The number of halogens is 1. The Hall–Kier alpha value is -2.79. The van der Waals surface area contributed by atoms with E-state index in [4.69, 9.17) is 11.6 Å². The quantitative estimate of drug-likeness (QED) is 0.808. The molecule has 0 aromatic heterocycles. The first-order valence-corrected chi connectivity index (χ1v) is 7.68. The van der Waals surface area contributed by atoms with Gasteiger partial charge in [0.05, 0.1) is 0 Å². The SMILES string of the molecule is C=CCNC(=O)Nc1ccc(N(C)C(=O)c2ccc(Cl)cc2)cc1. The molecule has 2 N–H and O–H groups in total. The number of urea groups is 1. The van der Waals surface area contributed by atoms with Crippen molar-refractivity contribution in [3.8, 4) is 0 Å². The van der Waals surface area contributed by atoms with Crippen molar-refractivity contribution in [2.45, 2.75) is 0 Å². The first-order valence-electron chi connectivity index (χ1n) is 7.30. The Labute approximate surface area is 145 Å². The van der Waals surface area contributed by atoms with Gasteiger partial charge in [0.2, 0.25) is 0 Å². The summed E-state index contributed by atoms with van der Waals surface area (Å²) in [6.45, 7) is 3.92. The molecule has 0 saturated heterocycles. The Morgan fingerprint density at radius 3 is 2.33 bits per heavy atom. The van der Waals surface area contributed by atoms with Crippen molar-refractivity contribution in [2.24, 2.45) is 0 Å². The molecule has 0 heterocycles. The topological polar surface area (TPSA) is 61.4 Å². The second-order valence-electron chi connectivity index (χ2n) is 5.04. The van der Waals surface area contributed by atoms with E-state index in [1.807, 2.05) is 0 Å². The molecule has 0 aliphatic heterocycles. The van der Waals surface area contributed by atoms with Crippen molar-refractivity contribution in [1.29, 1.82) is 0 Å². The highest BCUT2D eigenvalue weighted by Gasteiger charge is 2.13. The van der Waals surface area contributed by atoms with Gasteiger partial charge in [0.15, 0.2) is 0 Å². The van der Waals surface area contributed by atoms with Gasteiger partial charge in [-0.1, -0.05) is 17.7 Å². The van der Waals surface area contributed by atoms with Crippen molar-refractivity contribution in [3.05, 3.63) is 71.8 Å². The molecular weight excluding hydrogens is 326 g/mol. The highest BCUT2D eigenvalue weighted by atomic mass is 35.5. The van der Waals surface area contributed by atoms with E-state index in [1.165, 1.54) is 4.90 Å². The number of amides is 3. The molecule has 124 valence electrons. The summed E-state index contributed by atoms with van der Waals surface area (Å²) in [4.78, 5) is 25.5. The zero-order chi connectivity index (χ0) is 17.5. The lowest BCUT2D eigenvalue weighted by Gasteiger charge is -2.18. The Morgan fingerprint density at radius 1 is 1.12 bits per heavy atom. The standard InChI is InChI=1S/C18H18ClN3O2/c1-3-12-20-18(24)21-15-8-10-16(11-9-15)22(2)17(23)13-4-6-14(19)7-5-13/h3-11H,1,12H2,2H3,(H2,20,21,24). The average molecular weight is 344 g/mol. The molecular formula is C18H18ClN3O2. The van der Waals surface area contributed by atoms with Crippen LogP contribution in [-0.2, 0) is 0 Å². The zero-order valence-electron chi connectivity index (χ0n) is 13.3. The highest BCUT2D eigenvalue weighted by Crippen LogP contribution is 2.19. The molecule has 0 spiro atoms. The summed E-state index contributed by atoms with van der Waals surface area (Å²) < 4.78 is 0. The maximum atomic E-state index is 12.4. The Bertz CT molecular complexity index is 727. The number of nitrogens with zero attached hydrogens (tertiary/aromatic N) is 1. The number of rotatable bonds is 5. The monoisotopic (exact) mass is 343 g/mol. The first kappa shape index (κ1) is 17.6. The highest BCUT2D eigenvalue weighted by molar-refractivity contribution is 6.30. The van der Waals surface area contributed by atoms with Crippen molar-refractivity contribution >= 4 is 34.9 Å². The maximum absolute atomic E-state index is 12.4. The van der Waals surface area contributed by atoms with Crippen LogP contribution in [0.2, 0.25) is 5.02 Å². The van der Waals surface area contributed by atoms with E-state index >= 15 is 0 Å². The van der Waals surface area contributed by atoms with E-state index in [9.17, 15) is 9.59 Å². The van der Waals surface area contributed by atoms with Crippen LogP contribution in [0.5, 0.6) is 0 Å². The van der Waals surface area contributed by atoms with Crippen molar-refractivity contribution < 1.29 is 9.59 Å². The minimum Gasteiger partial charge on any atom is -0.334 e. The molecule has 0 unspecified atom stereocenters. The minimum absolute atomic E-state index is 0.142.